The number of methoxy groups -OCH3 is 3. The molecule has 7 rings (SSSR count). The molecule has 0 atom stereocenters. The van der Waals surface area contributed by atoms with Crippen LogP contribution in [0.2, 0.25) is 0 Å². The molecule has 0 unspecified atom stereocenters. The first-order valence-corrected chi connectivity index (χ1v) is 13.4. The van der Waals surface area contributed by atoms with Crippen LogP contribution >= 0.6 is 0 Å². The average Bonchev–Trinajstić information content (AvgIpc) is 3.65. The quantitative estimate of drug-likeness (QED) is 0.202. The van der Waals surface area contributed by atoms with E-state index in [1.165, 1.54) is 0 Å². The number of para-hydroxylation sites is 1. The molecule has 42 heavy (non-hydrogen) atoms. The zero-order valence-electron chi connectivity index (χ0n) is 23.2. The summed E-state index contributed by atoms with van der Waals surface area (Å²) in [5.41, 5.74) is 6.72. The first-order valence-electron chi connectivity index (χ1n) is 13.4. The van der Waals surface area contributed by atoms with Crippen LogP contribution in [-0.2, 0) is 0 Å². The molecule has 3 heterocycles. The molecule has 0 saturated heterocycles. The van der Waals surface area contributed by atoms with Crippen molar-refractivity contribution in [1.82, 2.24) is 19.9 Å². The number of benzene rings is 4. The minimum absolute atomic E-state index is 0.0509. The number of pyridine rings is 1. The number of carbonyl (C=O) groups excluding carboxylic acids is 1. The molecule has 0 fully saturated rings. The van der Waals surface area contributed by atoms with Crippen LogP contribution in [0.1, 0.15) is 15.9 Å². The van der Waals surface area contributed by atoms with Crippen molar-refractivity contribution in [2.75, 3.05) is 21.3 Å². The summed E-state index contributed by atoms with van der Waals surface area (Å²) in [5, 5.41) is 2.07. The Hall–Kier alpha value is -5.63. The first-order chi connectivity index (χ1) is 20.6. The molecule has 0 saturated carbocycles. The summed E-state index contributed by atoms with van der Waals surface area (Å²) in [6.45, 7) is 0. The second-order valence-electron chi connectivity index (χ2n) is 9.88. The van der Waals surface area contributed by atoms with Gasteiger partial charge in [-0.25, -0.2) is 9.97 Å². The molecule has 0 spiro atoms. The highest BCUT2D eigenvalue weighted by Crippen LogP contribution is 2.43. The minimum Gasteiger partial charge on any atom is -0.493 e. The zero-order valence-corrected chi connectivity index (χ0v) is 23.2. The van der Waals surface area contributed by atoms with Crippen LogP contribution < -0.4 is 14.2 Å². The Morgan fingerprint density at radius 2 is 1.40 bits per heavy atom. The largest absolute Gasteiger partial charge is 0.493 e. The molecule has 0 bridgehead atoms. The zero-order chi connectivity index (χ0) is 28.8. The van der Waals surface area contributed by atoms with E-state index in [-0.39, 0.29) is 5.78 Å². The van der Waals surface area contributed by atoms with Gasteiger partial charge in [0, 0.05) is 33.0 Å². The number of hydrogen-bond acceptors (Lipinski definition) is 6. The van der Waals surface area contributed by atoms with Crippen molar-refractivity contribution in [2.24, 2.45) is 0 Å². The van der Waals surface area contributed by atoms with Gasteiger partial charge in [0.2, 0.25) is 5.75 Å². The van der Waals surface area contributed by atoms with Crippen molar-refractivity contribution in [3.05, 3.63) is 102 Å². The maximum absolute atomic E-state index is 13.1. The van der Waals surface area contributed by atoms with Gasteiger partial charge in [-0.15, -0.1) is 0 Å². The molecule has 0 aliphatic carbocycles. The van der Waals surface area contributed by atoms with Crippen molar-refractivity contribution in [2.45, 2.75) is 0 Å². The van der Waals surface area contributed by atoms with Gasteiger partial charge in [-0.1, -0.05) is 48.5 Å². The highest BCUT2D eigenvalue weighted by atomic mass is 16.5. The number of rotatable bonds is 7. The fraction of sp³-hybridized carbons (Fsp3) is 0.0882. The topological polar surface area (TPSA) is 102 Å². The Bertz CT molecular complexity index is 2100. The number of carbonyl (C=O) groups is 1. The third-order valence-electron chi connectivity index (χ3n) is 7.46. The van der Waals surface area contributed by atoms with Crippen LogP contribution in [0.25, 0.3) is 55.6 Å². The van der Waals surface area contributed by atoms with E-state index in [0.29, 0.717) is 51.1 Å². The molecule has 8 nitrogen and oxygen atoms in total. The maximum atomic E-state index is 13.1. The number of ether oxygens (including phenoxy) is 3. The number of H-pyrrole nitrogens is 2. The van der Waals surface area contributed by atoms with Gasteiger partial charge in [-0.2, -0.15) is 0 Å². The van der Waals surface area contributed by atoms with Crippen LogP contribution in [0, 0.1) is 0 Å². The Balaban J connectivity index is 1.42. The van der Waals surface area contributed by atoms with E-state index < -0.39 is 0 Å². The fourth-order valence-corrected chi connectivity index (χ4v) is 5.42. The summed E-state index contributed by atoms with van der Waals surface area (Å²) in [5.74, 6) is 2.11. The Labute approximate surface area is 240 Å². The van der Waals surface area contributed by atoms with Gasteiger partial charge in [-0.05, 0) is 42.5 Å². The van der Waals surface area contributed by atoms with E-state index in [9.17, 15) is 4.79 Å². The number of nitrogens with one attached hydrogen (secondary N) is 2. The molecule has 4 aromatic carbocycles. The van der Waals surface area contributed by atoms with Crippen LogP contribution in [0.5, 0.6) is 17.2 Å². The normalized spacial score (nSPS) is 11.3. The van der Waals surface area contributed by atoms with Gasteiger partial charge in [0.25, 0.3) is 0 Å². The fourth-order valence-electron chi connectivity index (χ4n) is 5.42. The number of nitrogens with zero attached hydrogens (tertiary/aromatic N) is 2. The Morgan fingerprint density at radius 1 is 0.667 bits per heavy atom. The molecule has 3 aromatic heterocycles. The SMILES string of the molecule is COc1cc(-c2nc(-c3nc4cc(C(=O)c5ccccc5)ccc4[nH]3)cc3c2[nH]c2ccccc23)cc(OC)c1OC. The highest BCUT2D eigenvalue weighted by molar-refractivity contribution is 6.12. The van der Waals surface area contributed by atoms with E-state index in [1.54, 1.807) is 21.3 Å². The lowest BCUT2D eigenvalue weighted by molar-refractivity contribution is 0.103. The average molecular weight is 555 g/mol. The van der Waals surface area contributed by atoms with Gasteiger partial charge < -0.3 is 24.2 Å². The van der Waals surface area contributed by atoms with Crippen molar-refractivity contribution in [1.29, 1.82) is 0 Å². The predicted octanol–water partition coefficient (Wildman–Crippen LogP) is 7.18. The summed E-state index contributed by atoms with van der Waals surface area (Å²) in [6.07, 6.45) is 0. The van der Waals surface area contributed by atoms with Gasteiger partial charge in [0.1, 0.15) is 5.69 Å². The second-order valence-corrected chi connectivity index (χ2v) is 9.88. The second kappa shape index (κ2) is 10.1. The summed E-state index contributed by atoms with van der Waals surface area (Å²) in [7, 11) is 4.76. The van der Waals surface area contributed by atoms with E-state index in [2.05, 4.69) is 16.0 Å². The van der Waals surface area contributed by atoms with Crippen LogP contribution in [0.3, 0.4) is 0 Å². The minimum atomic E-state index is -0.0509. The van der Waals surface area contributed by atoms with E-state index in [4.69, 9.17) is 24.2 Å². The molecule has 0 radical (unpaired) electrons. The molecule has 7 aromatic rings. The number of aromatic amines is 2. The molecular formula is C34H26N4O4. The number of fused-ring (bicyclic) bond motifs is 4. The summed E-state index contributed by atoms with van der Waals surface area (Å²) >= 11 is 0. The van der Waals surface area contributed by atoms with E-state index in [1.807, 2.05) is 84.9 Å². The number of imidazole rings is 1. The Morgan fingerprint density at radius 3 is 2.14 bits per heavy atom. The van der Waals surface area contributed by atoms with E-state index in [0.717, 1.165) is 32.9 Å². The molecule has 206 valence electrons. The number of aromatic nitrogens is 4. The van der Waals surface area contributed by atoms with Crippen molar-refractivity contribution in [3.8, 4) is 40.0 Å². The summed E-state index contributed by atoms with van der Waals surface area (Å²) in [6, 6.07) is 28.7. The van der Waals surface area contributed by atoms with Crippen molar-refractivity contribution < 1.29 is 19.0 Å². The standard InChI is InChI=1S/C34H26N4O4/c1-40-28-16-21(17-29(41-2)33(28)42-3)30-31-23(22-11-7-8-12-24(22)35-31)18-27(36-30)34-37-25-14-13-20(15-26(25)38-34)32(39)19-9-5-4-6-10-19/h4-18,35H,1-3H3,(H,37,38). The lowest BCUT2D eigenvalue weighted by atomic mass is 10.0. The molecule has 0 amide bonds. The highest BCUT2D eigenvalue weighted by Gasteiger charge is 2.20. The summed E-state index contributed by atoms with van der Waals surface area (Å²) < 4.78 is 16.8. The molecule has 2 N–H and O–H groups in total. The van der Waals surface area contributed by atoms with Crippen LogP contribution in [-0.4, -0.2) is 47.0 Å². The number of ketones is 1. The van der Waals surface area contributed by atoms with E-state index >= 15 is 0 Å². The van der Waals surface area contributed by atoms with Crippen molar-refractivity contribution in [3.63, 3.8) is 0 Å². The number of hydrogen-bond donors (Lipinski definition) is 2. The lowest BCUT2D eigenvalue weighted by Gasteiger charge is -2.14. The van der Waals surface area contributed by atoms with Gasteiger partial charge >= 0.3 is 0 Å². The van der Waals surface area contributed by atoms with Gasteiger partial charge in [0.15, 0.2) is 23.1 Å². The molecule has 0 aliphatic heterocycles. The smallest absolute Gasteiger partial charge is 0.203 e. The maximum Gasteiger partial charge on any atom is 0.203 e. The molecule has 0 aliphatic rings. The van der Waals surface area contributed by atoms with Gasteiger partial charge in [0.05, 0.1) is 43.6 Å². The molecule has 8 heteroatoms. The predicted molar refractivity (Wildman–Crippen MR) is 164 cm³/mol. The van der Waals surface area contributed by atoms with Gasteiger partial charge in [-0.3, -0.25) is 4.79 Å². The van der Waals surface area contributed by atoms with Crippen molar-refractivity contribution >= 4 is 38.6 Å². The van der Waals surface area contributed by atoms with Crippen LogP contribution in [0.15, 0.2) is 91.0 Å². The third kappa shape index (κ3) is 4.12. The summed E-state index contributed by atoms with van der Waals surface area (Å²) in [4.78, 5) is 30.0. The molecular weight excluding hydrogens is 528 g/mol. The lowest BCUT2D eigenvalue weighted by Crippen LogP contribution is -2.00. The monoisotopic (exact) mass is 554 g/mol. The third-order valence-corrected chi connectivity index (χ3v) is 7.46. The van der Waals surface area contributed by atoms with Crippen LogP contribution in [0.4, 0.5) is 0 Å². The first kappa shape index (κ1) is 25.3. The Kier molecular flexibility index (Phi) is 6.09.